The van der Waals surface area contributed by atoms with E-state index in [1.54, 1.807) is 22.8 Å². The second-order valence-corrected chi connectivity index (χ2v) is 7.26. The summed E-state index contributed by atoms with van der Waals surface area (Å²) in [6, 6.07) is 22.1. The maximum atomic E-state index is 12.6. The van der Waals surface area contributed by atoms with Gasteiger partial charge in [0.05, 0.1) is 18.4 Å². The molecule has 152 valence electrons. The average Bonchev–Trinajstić information content (AvgIpc) is 3.44. The van der Waals surface area contributed by atoms with Crippen LogP contribution in [0.1, 0.15) is 28.2 Å². The molecule has 0 saturated carbocycles. The average molecular weight is 400 g/mol. The van der Waals surface area contributed by atoms with Gasteiger partial charge < -0.3 is 4.90 Å². The molecule has 4 rings (SSSR count). The Kier molecular flexibility index (Phi) is 5.98. The number of H-pyrrole nitrogens is 1. The van der Waals surface area contributed by atoms with Gasteiger partial charge in [-0.1, -0.05) is 65.9 Å². The summed E-state index contributed by atoms with van der Waals surface area (Å²) in [4.78, 5) is 14.3. The van der Waals surface area contributed by atoms with Crippen LogP contribution in [0.3, 0.4) is 0 Å². The molecule has 4 aromatic rings. The third-order valence-electron chi connectivity index (χ3n) is 4.93. The van der Waals surface area contributed by atoms with Gasteiger partial charge in [-0.05, 0) is 24.5 Å². The Morgan fingerprint density at radius 3 is 2.57 bits per heavy atom. The Hall–Kier alpha value is -3.74. The number of amides is 1. The van der Waals surface area contributed by atoms with E-state index in [9.17, 15) is 4.79 Å². The van der Waals surface area contributed by atoms with E-state index in [-0.39, 0.29) is 5.91 Å². The number of benzene rings is 2. The molecule has 0 aliphatic heterocycles. The van der Waals surface area contributed by atoms with Gasteiger partial charge in [0.25, 0.3) is 5.91 Å². The first kappa shape index (κ1) is 19.6. The standard InChI is InChI=1S/C23H24N6O/c1-28(14-8-13-20-15-21(25-24-20)19-11-6-3-7-12-19)23(30)22-17-29(27-26-22)16-18-9-4-2-5-10-18/h2-7,9-12,15,17H,8,13-14,16H2,1H3,(H,24,25). The molecule has 2 heterocycles. The van der Waals surface area contributed by atoms with Crippen molar-refractivity contribution < 1.29 is 4.79 Å². The van der Waals surface area contributed by atoms with Crippen LogP contribution in [0.25, 0.3) is 11.3 Å². The molecular formula is C23H24N6O. The molecule has 0 saturated heterocycles. The summed E-state index contributed by atoms with van der Waals surface area (Å²) in [7, 11) is 1.79. The Morgan fingerprint density at radius 1 is 1.07 bits per heavy atom. The second-order valence-electron chi connectivity index (χ2n) is 7.26. The lowest BCUT2D eigenvalue weighted by molar-refractivity contribution is 0.0787. The first-order chi connectivity index (χ1) is 14.7. The van der Waals surface area contributed by atoms with Crippen molar-refractivity contribution in [3.63, 3.8) is 0 Å². The Balaban J connectivity index is 1.28. The van der Waals surface area contributed by atoms with Gasteiger partial charge >= 0.3 is 0 Å². The normalized spacial score (nSPS) is 10.8. The molecule has 1 amide bonds. The summed E-state index contributed by atoms with van der Waals surface area (Å²) in [5.74, 6) is -0.121. The van der Waals surface area contributed by atoms with Gasteiger partial charge in [0, 0.05) is 24.8 Å². The van der Waals surface area contributed by atoms with Crippen LogP contribution in [0.4, 0.5) is 0 Å². The predicted molar refractivity (Wildman–Crippen MR) is 115 cm³/mol. The van der Waals surface area contributed by atoms with Crippen LogP contribution in [0.5, 0.6) is 0 Å². The van der Waals surface area contributed by atoms with E-state index in [1.165, 1.54) is 0 Å². The number of carbonyl (C=O) groups is 1. The number of hydrogen-bond donors (Lipinski definition) is 1. The third-order valence-corrected chi connectivity index (χ3v) is 4.93. The zero-order valence-corrected chi connectivity index (χ0v) is 16.9. The SMILES string of the molecule is CN(CCCc1cc(-c2ccccc2)n[nH]1)C(=O)c1cn(Cc2ccccc2)nn1. The highest BCUT2D eigenvalue weighted by Crippen LogP contribution is 2.17. The number of hydrogen-bond acceptors (Lipinski definition) is 4. The summed E-state index contributed by atoms with van der Waals surface area (Å²) < 4.78 is 1.69. The van der Waals surface area contributed by atoms with E-state index < -0.39 is 0 Å². The van der Waals surface area contributed by atoms with Crippen molar-refractivity contribution in [2.24, 2.45) is 0 Å². The van der Waals surface area contributed by atoms with Crippen molar-refractivity contribution in [1.82, 2.24) is 30.1 Å². The fourth-order valence-corrected chi connectivity index (χ4v) is 3.29. The molecule has 1 N–H and O–H groups in total. The van der Waals surface area contributed by atoms with Crippen molar-refractivity contribution in [1.29, 1.82) is 0 Å². The predicted octanol–water partition coefficient (Wildman–Crippen LogP) is 3.42. The molecule has 0 aliphatic rings. The van der Waals surface area contributed by atoms with Crippen molar-refractivity contribution in [3.8, 4) is 11.3 Å². The van der Waals surface area contributed by atoms with E-state index in [0.29, 0.717) is 18.8 Å². The van der Waals surface area contributed by atoms with Crippen LogP contribution in [-0.4, -0.2) is 49.6 Å². The highest BCUT2D eigenvalue weighted by atomic mass is 16.2. The van der Waals surface area contributed by atoms with Crippen molar-refractivity contribution >= 4 is 5.91 Å². The highest BCUT2D eigenvalue weighted by Gasteiger charge is 2.16. The first-order valence-corrected chi connectivity index (χ1v) is 9.98. The van der Waals surface area contributed by atoms with Crippen molar-refractivity contribution in [2.75, 3.05) is 13.6 Å². The highest BCUT2D eigenvalue weighted by molar-refractivity contribution is 5.91. The molecule has 0 radical (unpaired) electrons. The van der Waals surface area contributed by atoms with Gasteiger partial charge in [-0.2, -0.15) is 5.10 Å². The van der Waals surface area contributed by atoms with Gasteiger partial charge in [0.1, 0.15) is 0 Å². The van der Waals surface area contributed by atoms with E-state index in [0.717, 1.165) is 35.4 Å². The number of aromatic nitrogens is 5. The fraction of sp³-hybridized carbons (Fsp3) is 0.217. The number of nitrogens with zero attached hydrogens (tertiary/aromatic N) is 5. The molecule has 7 nitrogen and oxygen atoms in total. The lowest BCUT2D eigenvalue weighted by Crippen LogP contribution is -2.28. The summed E-state index contributed by atoms with van der Waals surface area (Å²) in [5.41, 5.74) is 4.56. The van der Waals surface area contributed by atoms with E-state index in [4.69, 9.17) is 0 Å². The van der Waals surface area contributed by atoms with Gasteiger partial charge in [0.2, 0.25) is 0 Å². The van der Waals surface area contributed by atoms with Gasteiger partial charge in [-0.15, -0.1) is 5.10 Å². The van der Waals surface area contributed by atoms with Crippen LogP contribution in [0, 0.1) is 0 Å². The largest absolute Gasteiger partial charge is 0.340 e. The number of aromatic amines is 1. The second kappa shape index (κ2) is 9.17. The molecule has 30 heavy (non-hydrogen) atoms. The quantitative estimate of drug-likeness (QED) is 0.491. The lowest BCUT2D eigenvalue weighted by Gasteiger charge is -2.14. The monoisotopic (exact) mass is 400 g/mol. The van der Waals surface area contributed by atoms with Crippen LogP contribution >= 0.6 is 0 Å². The molecule has 0 fully saturated rings. The number of nitrogens with one attached hydrogen (secondary N) is 1. The van der Waals surface area contributed by atoms with E-state index >= 15 is 0 Å². The summed E-state index contributed by atoms with van der Waals surface area (Å²) >= 11 is 0. The molecule has 2 aromatic heterocycles. The minimum atomic E-state index is -0.121. The topological polar surface area (TPSA) is 79.7 Å². The zero-order valence-electron chi connectivity index (χ0n) is 16.9. The van der Waals surface area contributed by atoms with Gasteiger partial charge in [-0.25, -0.2) is 4.68 Å². The Labute approximate surface area is 175 Å². The van der Waals surface area contributed by atoms with E-state index in [2.05, 4.69) is 26.6 Å². The molecule has 0 bridgehead atoms. The number of carbonyl (C=O) groups excluding carboxylic acids is 1. The van der Waals surface area contributed by atoms with Gasteiger partial charge in [0.15, 0.2) is 5.69 Å². The molecule has 0 aliphatic carbocycles. The maximum Gasteiger partial charge on any atom is 0.275 e. The van der Waals surface area contributed by atoms with Crippen LogP contribution < -0.4 is 0 Å². The fourth-order valence-electron chi connectivity index (χ4n) is 3.29. The maximum absolute atomic E-state index is 12.6. The molecule has 7 heteroatoms. The smallest absolute Gasteiger partial charge is 0.275 e. The molecule has 2 aromatic carbocycles. The molecule has 0 atom stereocenters. The minimum absolute atomic E-state index is 0.121. The summed E-state index contributed by atoms with van der Waals surface area (Å²) in [6.45, 7) is 1.22. The Morgan fingerprint density at radius 2 is 1.80 bits per heavy atom. The van der Waals surface area contributed by atoms with Crippen molar-refractivity contribution in [3.05, 3.63) is 89.9 Å². The minimum Gasteiger partial charge on any atom is -0.340 e. The van der Waals surface area contributed by atoms with Crippen LogP contribution in [0.15, 0.2) is 72.9 Å². The summed E-state index contributed by atoms with van der Waals surface area (Å²) in [6.07, 6.45) is 3.35. The molecule has 0 unspecified atom stereocenters. The summed E-state index contributed by atoms with van der Waals surface area (Å²) in [5, 5.41) is 15.6. The van der Waals surface area contributed by atoms with Crippen LogP contribution in [0.2, 0.25) is 0 Å². The van der Waals surface area contributed by atoms with Crippen molar-refractivity contribution in [2.45, 2.75) is 19.4 Å². The molecule has 0 spiro atoms. The zero-order chi connectivity index (χ0) is 20.8. The van der Waals surface area contributed by atoms with E-state index in [1.807, 2.05) is 60.7 Å². The lowest BCUT2D eigenvalue weighted by atomic mass is 10.1. The molecular weight excluding hydrogens is 376 g/mol. The number of rotatable bonds is 8. The Bertz CT molecular complexity index is 1090. The third kappa shape index (κ3) is 4.81. The van der Waals surface area contributed by atoms with Crippen LogP contribution in [-0.2, 0) is 13.0 Å². The van der Waals surface area contributed by atoms with Gasteiger partial charge in [-0.3, -0.25) is 9.89 Å². The first-order valence-electron chi connectivity index (χ1n) is 9.98. The number of aryl methyl sites for hydroxylation is 1.